The van der Waals surface area contributed by atoms with Gasteiger partial charge < -0.3 is 8.85 Å². The number of fused-ring (bicyclic) bond motifs is 1. The number of rotatable bonds is 0. The Kier molecular flexibility index (Phi) is 5.49. The van der Waals surface area contributed by atoms with Gasteiger partial charge in [-0.1, -0.05) is 26.8 Å². The second-order valence-electron chi connectivity index (χ2n) is 7.72. The summed E-state index contributed by atoms with van der Waals surface area (Å²) in [7, 11) is 0.126. The van der Waals surface area contributed by atoms with Gasteiger partial charge in [-0.15, -0.1) is 0 Å². The Morgan fingerprint density at radius 3 is 2.62 bits per heavy atom. The van der Waals surface area contributed by atoms with Gasteiger partial charge in [-0.2, -0.15) is 0 Å². The van der Waals surface area contributed by atoms with E-state index in [4.69, 9.17) is 8.85 Å². The van der Waals surface area contributed by atoms with Crippen LogP contribution in [0, 0.1) is 0 Å². The first kappa shape index (κ1) is 17.3. The summed E-state index contributed by atoms with van der Waals surface area (Å²) in [5.74, 6) is 3.27. The minimum atomic E-state index is 0.126. The van der Waals surface area contributed by atoms with Crippen molar-refractivity contribution in [3.8, 4) is 11.5 Å². The maximum Gasteiger partial charge on any atom is 0.610 e. The van der Waals surface area contributed by atoms with Crippen molar-refractivity contribution < 1.29 is 13.4 Å². The Morgan fingerprint density at radius 2 is 1.79 bits per heavy atom. The molecule has 0 saturated heterocycles. The summed E-state index contributed by atoms with van der Waals surface area (Å²) in [5, 5.41) is 3.50. The van der Waals surface area contributed by atoms with E-state index >= 15 is 0 Å². The van der Waals surface area contributed by atoms with Crippen molar-refractivity contribution in [2.75, 3.05) is 19.6 Å². The van der Waals surface area contributed by atoms with E-state index in [0.717, 1.165) is 11.5 Å². The van der Waals surface area contributed by atoms with Gasteiger partial charge in [0.2, 0.25) is 5.84 Å². The molecule has 0 amide bonds. The highest BCUT2D eigenvalue weighted by Crippen LogP contribution is 2.35. The fraction of sp³-hybridized carbons (Fsp3) is 0.632. The van der Waals surface area contributed by atoms with Crippen LogP contribution >= 0.6 is 0 Å². The van der Waals surface area contributed by atoms with Crippen LogP contribution in [0.25, 0.3) is 0 Å². The number of benzene rings is 1. The summed E-state index contributed by atoms with van der Waals surface area (Å²) in [6.45, 7) is 10.4. The van der Waals surface area contributed by atoms with E-state index in [1.54, 1.807) is 0 Å². The number of nitrogens with one attached hydrogen (secondary N) is 1. The van der Waals surface area contributed by atoms with Crippen LogP contribution in [0.4, 0.5) is 0 Å². The second kappa shape index (κ2) is 7.60. The summed E-state index contributed by atoms with van der Waals surface area (Å²) < 4.78 is 13.1. The minimum Gasteiger partial charge on any atom is -0.505 e. The summed E-state index contributed by atoms with van der Waals surface area (Å²) in [6, 6.07) is 6.14. The number of nitrogens with zero attached hydrogens (tertiary/aromatic N) is 1. The maximum absolute atomic E-state index is 5.34. The van der Waals surface area contributed by atoms with E-state index in [9.17, 15) is 0 Å². The predicted octanol–water partition coefficient (Wildman–Crippen LogP) is 3.25. The van der Waals surface area contributed by atoms with E-state index in [1.165, 1.54) is 63.1 Å². The van der Waals surface area contributed by atoms with E-state index < -0.39 is 0 Å². The third-order valence-electron chi connectivity index (χ3n) is 4.77. The fourth-order valence-corrected chi connectivity index (χ4v) is 3.81. The first-order valence-corrected chi connectivity index (χ1v) is 9.93. The zero-order valence-corrected chi connectivity index (χ0v) is 16.2. The van der Waals surface area contributed by atoms with Crippen LogP contribution in [0.5, 0.6) is 11.5 Å². The van der Waals surface area contributed by atoms with Crippen molar-refractivity contribution in [3.63, 3.8) is 0 Å². The standard InChI is InChI=1S/C10H12O2Si.C9H16N2/c1-10(2,3)7-4-5-8-9(6-7)12-13-11-8;1-2-5-9-10-6-4-8-11(9)7-3-1/h4-6H,1-3H3;1-8H2/p+1. The van der Waals surface area contributed by atoms with Crippen molar-refractivity contribution in [2.24, 2.45) is 0 Å². The Labute approximate surface area is 148 Å². The van der Waals surface area contributed by atoms with Crippen molar-refractivity contribution in [2.45, 2.75) is 58.3 Å². The molecule has 1 N–H and O–H groups in total. The molecule has 0 aromatic heterocycles. The molecule has 0 bridgehead atoms. The van der Waals surface area contributed by atoms with E-state index in [0.29, 0.717) is 0 Å². The van der Waals surface area contributed by atoms with Gasteiger partial charge in [0.15, 0.2) is 0 Å². The molecule has 0 saturated carbocycles. The molecule has 0 fully saturated rings. The lowest BCUT2D eigenvalue weighted by atomic mass is 9.87. The molecule has 3 heterocycles. The van der Waals surface area contributed by atoms with Crippen LogP contribution < -0.4 is 14.2 Å². The Balaban J connectivity index is 0.000000143. The van der Waals surface area contributed by atoms with Gasteiger partial charge in [0.05, 0.1) is 19.6 Å². The highest BCUT2D eigenvalue weighted by Gasteiger charge is 2.21. The van der Waals surface area contributed by atoms with Crippen molar-refractivity contribution in [3.05, 3.63) is 23.8 Å². The molecule has 2 radical (unpaired) electrons. The first-order valence-electron chi connectivity index (χ1n) is 9.12. The smallest absolute Gasteiger partial charge is 0.505 e. The summed E-state index contributed by atoms with van der Waals surface area (Å²) in [6.07, 6.45) is 6.81. The average Bonchev–Trinajstić information content (AvgIpc) is 2.90. The van der Waals surface area contributed by atoms with Crippen LogP contribution in [-0.2, 0) is 5.41 Å². The van der Waals surface area contributed by atoms with Crippen LogP contribution in [0.2, 0.25) is 0 Å². The van der Waals surface area contributed by atoms with Crippen molar-refractivity contribution in [1.82, 2.24) is 5.32 Å². The third kappa shape index (κ3) is 4.32. The SMILES string of the molecule is C1CCC2=[N+](CC1)CCCN2.CC(C)(C)c1ccc2c(c1)O[Si]O2. The quantitative estimate of drug-likeness (QED) is 0.579. The van der Waals surface area contributed by atoms with Gasteiger partial charge in [0.1, 0.15) is 11.5 Å². The average molecular weight is 346 g/mol. The summed E-state index contributed by atoms with van der Waals surface area (Å²) in [4.78, 5) is 0. The van der Waals surface area contributed by atoms with Gasteiger partial charge in [0, 0.05) is 12.8 Å². The Morgan fingerprint density at radius 1 is 1.00 bits per heavy atom. The van der Waals surface area contributed by atoms with Crippen LogP contribution in [0.3, 0.4) is 0 Å². The molecule has 1 aromatic carbocycles. The first-order chi connectivity index (χ1) is 11.5. The number of hydrogen-bond acceptors (Lipinski definition) is 3. The lowest BCUT2D eigenvalue weighted by Gasteiger charge is -2.19. The topological polar surface area (TPSA) is 33.5 Å². The molecular weight excluding hydrogens is 316 g/mol. The molecule has 0 spiro atoms. The molecule has 1 aromatic rings. The third-order valence-corrected chi connectivity index (χ3v) is 5.38. The monoisotopic (exact) mass is 345 g/mol. The van der Waals surface area contributed by atoms with Gasteiger partial charge in [-0.25, -0.2) is 0 Å². The highest BCUT2D eigenvalue weighted by molar-refractivity contribution is 6.22. The highest BCUT2D eigenvalue weighted by atomic mass is 28.3. The fourth-order valence-electron chi connectivity index (χ4n) is 3.26. The van der Waals surface area contributed by atoms with Gasteiger partial charge in [-0.3, -0.25) is 9.89 Å². The van der Waals surface area contributed by atoms with Crippen molar-refractivity contribution >= 4 is 15.8 Å². The normalized spacial score (nSPS) is 19.6. The van der Waals surface area contributed by atoms with Gasteiger partial charge >= 0.3 is 10.0 Å². The Bertz CT molecular complexity index is 590. The summed E-state index contributed by atoms with van der Waals surface area (Å²) >= 11 is 0. The molecule has 0 unspecified atom stereocenters. The number of amidine groups is 1. The largest absolute Gasteiger partial charge is 0.610 e. The zero-order valence-electron chi connectivity index (χ0n) is 15.2. The van der Waals surface area contributed by atoms with Crippen molar-refractivity contribution in [1.29, 1.82) is 0 Å². The second-order valence-corrected chi connectivity index (χ2v) is 8.30. The van der Waals surface area contributed by atoms with Crippen LogP contribution in [0.1, 0.15) is 58.4 Å². The molecule has 3 aliphatic rings. The molecule has 3 aliphatic heterocycles. The minimum absolute atomic E-state index is 0.126. The van der Waals surface area contributed by atoms with Gasteiger partial charge in [-0.05, 0) is 42.4 Å². The lowest BCUT2D eigenvalue weighted by molar-refractivity contribution is -0.534. The maximum atomic E-state index is 5.34. The summed E-state index contributed by atoms with van der Waals surface area (Å²) in [5.41, 5.74) is 1.45. The van der Waals surface area contributed by atoms with E-state index in [-0.39, 0.29) is 15.4 Å². The van der Waals surface area contributed by atoms with Crippen LogP contribution in [0.15, 0.2) is 18.2 Å². The molecular formula is C19H29N2O2Si+. The van der Waals surface area contributed by atoms with Crippen LogP contribution in [-0.4, -0.2) is 40.1 Å². The number of hydrogen-bond donors (Lipinski definition) is 1. The molecule has 24 heavy (non-hydrogen) atoms. The van der Waals surface area contributed by atoms with Gasteiger partial charge in [0.25, 0.3) is 0 Å². The molecule has 4 nitrogen and oxygen atoms in total. The lowest BCUT2D eigenvalue weighted by Crippen LogP contribution is -2.40. The predicted molar refractivity (Wildman–Crippen MR) is 98.2 cm³/mol. The van der Waals surface area contributed by atoms with E-state index in [1.807, 2.05) is 6.07 Å². The molecule has 0 aliphatic carbocycles. The molecule has 130 valence electrons. The Hall–Kier alpha value is -1.49. The molecule has 0 atom stereocenters. The molecule has 5 heteroatoms. The zero-order chi connectivity index (χ0) is 17.0. The van der Waals surface area contributed by atoms with E-state index in [2.05, 4.69) is 42.8 Å². The molecule has 4 rings (SSSR count).